The predicted molar refractivity (Wildman–Crippen MR) is 114 cm³/mol. The van der Waals surface area contributed by atoms with Gasteiger partial charge >= 0.3 is 0 Å². The SMILES string of the molecule is Cn1ccnc1-c1ccc(N2CCC3(CC2)C[C@@H](O)C[C@H](c2ccccc2)O3)nn1. The molecule has 7 heteroatoms. The summed E-state index contributed by atoms with van der Waals surface area (Å²) in [4.78, 5) is 6.58. The minimum Gasteiger partial charge on any atom is -0.393 e. The van der Waals surface area contributed by atoms with E-state index in [1.807, 2.05) is 48.1 Å². The van der Waals surface area contributed by atoms with Crippen LogP contribution in [0, 0.1) is 0 Å². The molecule has 0 saturated carbocycles. The molecule has 7 nitrogen and oxygen atoms in total. The maximum atomic E-state index is 10.6. The third-order valence-electron chi connectivity index (χ3n) is 6.36. The largest absolute Gasteiger partial charge is 0.393 e. The topological polar surface area (TPSA) is 76.3 Å². The molecule has 1 spiro atoms. The van der Waals surface area contributed by atoms with E-state index >= 15 is 0 Å². The fraction of sp³-hybridized carbons (Fsp3) is 0.435. The number of anilines is 1. The molecule has 2 atom stereocenters. The Bertz CT molecular complexity index is 980. The molecule has 156 valence electrons. The van der Waals surface area contributed by atoms with Crippen LogP contribution in [-0.2, 0) is 11.8 Å². The lowest BCUT2D eigenvalue weighted by atomic mass is 9.81. The summed E-state index contributed by atoms with van der Waals surface area (Å²) < 4.78 is 8.54. The summed E-state index contributed by atoms with van der Waals surface area (Å²) in [5, 5.41) is 19.4. The smallest absolute Gasteiger partial charge is 0.160 e. The molecule has 0 aliphatic carbocycles. The number of benzene rings is 1. The van der Waals surface area contributed by atoms with Gasteiger partial charge in [0, 0.05) is 45.4 Å². The zero-order valence-corrected chi connectivity index (χ0v) is 17.2. The van der Waals surface area contributed by atoms with Gasteiger partial charge in [-0.05, 0) is 30.5 Å². The summed E-state index contributed by atoms with van der Waals surface area (Å²) in [5.41, 5.74) is 1.65. The third kappa shape index (κ3) is 3.70. The summed E-state index contributed by atoms with van der Waals surface area (Å²) in [6.45, 7) is 1.68. The quantitative estimate of drug-likeness (QED) is 0.722. The summed E-state index contributed by atoms with van der Waals surface area (Å²) in [6, 6.07) is 14.2. The first kappa shape index (κ1) is 19.2. The van der Waals surface area contributed by atoms with Gasteiger partial charge in [0.05, 0.1) is 17.8 Å². The molecule has 0 radical (unpaired) electrons. The van der Waals surface area contributed by atoms with Gasteiger partial charge in [-0.15, -0.1) is 10.2 Å². The highest BCUT2D eigenvalue weighted by atomic mass is 16.5. The van der Waals surface area contributed by atoms with Crippen molar-refractivity contribution in [2.75, 3.05) is 18.0 Å². The predicted octanol–water partition coefficient (Wildman–Crippen LogP) is 3.13. The van der Waals surface area contributed by atoms with Crippen molar-refractivity contribution in [1.29, 1.82) is 0 Å². The fourth-order valence-corrected chi connectivity index (χ4v) is 4.72. The van der Waals surface area contributed by atoms with E-state index in [9.17, 15) is 5.11 Å². The lowest BCUT2D eigenvalue weighted by molar-refractivity contribution is -0.173. The van der Waals surface area contributed by atoms with Crippen LogP contribution in [0.4, 0.5) is 5.82 Å². The second-order valence-corrected chi connectivity index (χ2v) is 8.42. The Kier molecular flexibility index (Phi) is 5.00. The van der Waals surface area contributed by atoms with Crippen LogP contribution in [0.5, 0.6) is 0 Å². The Morgan fingerprint density at radius 1 is 1.07 bits per heavy atom. The highest BCUT2D eigenvalue weighted by Gasteiger charge is 2.43. The molecule has 0 amide bonds. The Morgan fingerprint density at radius 3 is 2.53 bits per heavy atom. The average molecular weight is 406 g/mol. The molecule has 30 heavy (non-hydrogen) atoms. The maximum absolute atomic E-state index is 10.6. The Morgan fingerprint density at radius 2 is 1.87 bits per heavy atom. The number of aliphatic hydroxyl groups is 1. The lowest BCUT2D eigenvalue weighted by Crippen LogP contribution is -2.51. The van der Waals surface area contributed by atoms with E-state index in [2.05, 4.69) is 32.2 Å². The molecule has 5 rings (SSSR count). The number of aliphatic hydroxyl groups excluding tert-OH is 1. The lowest BCUT2D eigenvalue weighted by Gasteiger charge is -2.48. The number of imidazole rings is 1. The van der Waals surface area contributed by atoms with Crippen molar-refractivity contribution in [1.82, 2.24) is 19.7 Å². The van der Waals surface area contributed by atoms with Crippen molar-refractivity contribution in [2.24, 2.45) is 7.05 Å². The molecule has 4 heterocycles. The summed E-state index contributed by atoms with van der Waals surface area (Å²) in [5.74, 6) is 1.68. The molecule has 2 aromatic heterocycles. The van der Waals surface area contributed by atoms with E-state index in [0.717, 1.165) is 48.8 Å². The average Bonchev–Trinajstić information content (AvgIpc) is 3.20. The Balaban J connectivity index is 1.27. The second-order valence-electron chi connectivity index (χ2n) is 8.42. The number of aromatic nitrogens is 4. The molecular formula is C23H27N5O2. The molecule has 0 bridgehead atoms. The van der Waals surface area contributed by atoms with E-state index in [4.69, 9.17) is 4.74 Å². The zero-order chi connectivity index (χ0) is 20.6. The first-order chi connectivity index (χ1) is 14.6. The molecule has 0 unspecified atom stereocenters. The van der Waals surface area contributed by atoms with Crippen LogP contribution < -0.4 is 4.90 Å². The molecule has 1 N–H and O–H groups in total. The van der Waals surface area contributed by atoms with E-state index in [-0.39, 0.29) is 17.8 Å². The Hall–Kier alpha value is -2.77. The zero-order valence-electron chi connectivity index (χ0n) is 17.2. The molecule has 2 saturated heterocycles. The van der Waals surface area contributed by atoms with Crippen LogP contribution >= 0.6 is 0 Å². The Labute approximate surface area is 176 Å². The van der Waals surface area contributed by atoms with Gasteiger partial charge in [-0.1, -0.05) is 30.3 Å². The summed E-state index contributed by atoms with van der Waals surface area (Å²) in [6.07, 6.45) is 6.40. The number of hydrogen-bond acceptors (Lipinski definition) is 6. The van der Waals surface area contributed by atoms with Crippen molar-refractivity contribution < 1.29 is 9.84 Å². The van der Waals surface area contributed by atoms with E-state index in [0.29, 0.717) is 12.8 Å². The summed E-state index contributed by atoms with van der Waals surface area (Å²) >= 11 is 0. The van der Waals surface area contributed by atoms with Crippen molar-refractivity contribution in [2.45, 2.75) is 43.5 Å². The third-order valence-corrected chi connectivity index (χ3v) is 6.36. The van der Waals surface area contributed by atoms with Crippen LogP contribution in [0.1, 0.15) is 37.4 Å². The van der Waals surface area contributed by atoms with Gasteiger partial charge in [0.2, 0.25) is 0 Å². The first-order valence-electron chi connectivity index (χ1n) is 10.6. The van der Waals surface area contributed by atoms with Gasteiger partial charge in [0.25, 0.3) is 0 Å². The minimum absolute atomic E-state index is 0.0432. The molecular weight excluding hydrogens is 378 g/mol. The fourth-order valence-electron chi connectivity index (χ4n) is 4.72. The standard InChI is InChI=1S/C23H27N5O2/c1-27-14-11-24-22(27)19-7-8-21(26-25-19)28-12-9-23(10-13-28)16-18(29)15-20(30-23)17-5-3-2-4-6-17/h2-8,11,14,18,20,29H,9-10,12-13,15-16H2,1H3/t18-,20+/m0/s1. The van der Waals surface area contributed by atoms with Crippen LogP contribution in [0.2, 0.25) is 0 Å². The van der Waals surface area contributed by atoms with E-state index in [1.54, 1.807) is 6.20 Å². The molecule has 3 aromatic rings. The number of piperidine rings is 1. The van der Waals surface area contributed by atoms with Gasteiger partial charge in [0.1, 0.15) is 5.69 Å². The molecule has 2 fully saturated rings. The van der Waals surface area contributed by atoms with E-state index < -0.39 is 0 Å². The molecule has 2 aliphatic rings. The minimum atomic E-state index is -0.327. The van der Waals surface area contributed by atoms with Crippen molar-refractivity contribution in [3.63, 3.8) is 0 Å². The summed E-state index contributed by atoms with van der Waals surface area (Å²) in [7, 11) is 1.95. The number of rotatable bonds is 3. The van der Waals surface area contributed by atoms with Gasteiger partial charge in [-0.2, -0.15) is 0 Å². The van der Waals surface area contributed by atoms with Gasteiger partial charge in [0.15, 0.2) is 11.6 Å². The van der Waals surface area contributed by atoms with Crippen molar-refractivity contribution >= 4 is 5.82 Å². The maximum Gasteiger partial charge on any atom is 0.160 e. The molecule has 2 aliphatic heterocycles. The van der Waals surface area contributed by atoms with Crippen LogP contribution in [0.25, 0.3) is 11.5 Å². The van der Waals surface area contributed by atoms with Crippen LogP contribution in [0.3, 0.4) is 0 Å². The van der Waals surface area contributed by atoms with Crippen molar-refractivity contribution in [3.05, 3.63) is 60.4 Å². The van der Waals surface area contributed by atoms with Gasteiger partial charge < -0.3 is 19.3 Å². The first-order valence-corrected chi connectivity index (χ1v) is 10.6. The van der Waals surface area contributed by atoms with Gasteiger partial charge in [-0.3, -0.25) is 0 Å². The van der Waals surface area contributed by atoms with Crippen LogP contribution in [0.15, 0.2) is 54.9 Å². The monoisotopic (exact) mass is 405 g/mol. The highest BCUT2D eigenvalue weighted by Crippen LogP contribution is 2.43. The number of aryl methyl sites for hydroxylation is 1. The highest BCUT2D eigenvalue weighted by molar-refractivity contribution is 5.52. The van der Waals surface area contributed by atoms with Crippen LogP contribution in [-0.4, -0.2) is 49.6 Å². The second kappa shape index (κ2) is 7.81. The van der Waals surface area contributed by atoms with Crippen molar-refractivity contribution in [3.8, 4) is 11.5 Å². The normalized spacial score (nSPS) is 23.6. The number of nitrogens with zero attached hydrogens (tertiary/aromatic N) is 5. The van der Waals surface area contributed by atoms with E-state index in [1.165, 1.54) is 0 Å². The molecule has 1 aromatic carbocycles. The van der Waals surface area contributed by atoms with Gasteiger partial charge in [-0.25, -0.2) is 4.98 Å². The number of hydrogen-bond donors (Lipinski definition) is 1. The number of ether oxygens (including phenoxy) is 1.